The van der Waals surface area contributed by atoms with E-state index >= 15 is 0 Å². The monoisotopic (exact) mass is 396 g/mol. The summed E-state index contributed by atoms with van der Waals surface area (Å²) in [5, 5.41) is 3.49. The Kier molecular flexibility index (Phi) is 11.1. The van der Waals surface area contributed by atoms with Crippen LogP contribution in [0.2, 0.25) is 0 Å². The van der Waals surface area contributed by atoms with Crippen LogP contribution in [-0.2, 0) is 0 Å². The Bertz CT molecular complexity index is 601. The van der Waals surface area contributed by atoms with Gasteiger partial charge in [0, 0.05) is 19.5 Å². The standard InChI is InChI=1S/C9H15NP2.C9H13NP2/c2*1-8(10-12(2)11)9-6-4-3-5-7-9/h3-8,10H,11H2,1-2H3;3-7H,11H2,1-2H3/t8-,12?;/m1./s1. The molecule has 0 saturated carbocycles. The highest BCUT2D eigenvalue weighted by Crippen LogP contribution is 2.41. The summed E-state index contributed by atoms with van der Waals surface area (Å²) in [5.41, 5.74) is 3.70. The van der Waals surface area contributed by atoms with Gasteiger partial charge in [0.15, 0.2) is 0 Å². The van der Waals surface area contributed by atoms with Gasteiger partial charge in [-0.3, -0.25) is 9.85 Å². The molecule has 130 valence electrons. The molecular weight excluding hydrogens is 368 g/mol. The number of nitrogens with one attached hydrogen (secondary N) is 1. The average molecular weight is 396 g/mol. The SMILES string of the molecule is CC(=NP(C)P)c1ccccc1.C[C@@H](NP(C)P)c1ccccc1. The molecule has 0 aliphatic rings. The van der Waals surface area contributed by atoms with Crippen LogP contribution in [0.4, 0.5) is 0 Å². The van der Waals surface area contributed by atoms with Gasteiger partial charge in [0.2, 0.25) is 0 Å². The topological polar surface area (TPSA) is 24.4 Å². The fourth-order valence-corrected chi connectivity index (χ4v) is 4.63. The first-order valence-electron chi connectivity index (χ1n) is 7.78. The quantitative estimate of drug-likeness (QED) is 0.455. The number of benzene rings is 2. The van der Waals surface area contributed by atoms with Gasteiger partial charge in [-0.05, 0) is 46.1 Å². The highest BCUT2D eigenvalue weighted by Gasteiger charge is 2.04. The molecule has 2 rings (SSSR count). The zero-order chi connectivity index (χ0) is 17.9. The Hall–Kier alpha value is -0.210. The zero-order valence-electron chi connectivity index (χ0n) is 14.8. The number of hydrogen-bond donors (Lipinski definition) is 1. The molecule has 0 heterocycles. The molecule has 0 fully saturated rings. The molecule has 2 nitrogen and oxygen atoms in total. The lowest BCUT2D eigenvalue weighted by Gasteiger charge is -2.16. The summed E-state index contributed by atoms with van der Waals surface area (Å²) < 4.78 is 4.49. The fourth-order valence-electron chi connectivity index (χ4n) is 2.10. The third-order valence-electron chi connectivity index (χ3n) is 3.20. The van der Waals surface area contributed by atoms with Gasteiger partial charge in [0.05, 0.1) is 0 Å². The fraction of sp³-hybridized carbons (Fsp3) is 0.278. The van der Waals surface area contributed by atoms with Crippen molar-refractivity contribution in [1.82, 2.24) is 5.09 Å². The first kappa shape index (κ1) is 21.8. The summed E-state index contributed by atoms with van der Waals surface area (Å²) in [6.07, 6.45) is 0. The minimum absolute atomic E-state index is 0.0968. The van der Waals surface area contributed by atoms with E-state index in [4.69, 9.17) is 0 Å². The molecular formula is C18H28N2P4. The Morgan fingerprint density at radius 1 is 0.958 bits per heavy atom. The van der Waals surface area contributed by atoms with Crippen molar-refractivity contribution in [2.24, 2.45) is 4.76 Å². The van der Waals surface area contributed by atoms with Crippen LogP contribution in [0, 0.1) is 0 Å². The molecule has 2 aromatic carbocycles. The van der Waals surface area contributed by atoms with Gasteiger partial charge in [0.25, 0.3) is 0 Å². The second-order valence-electron chi connectivity index (χ2n) is 5.50. The molecule has 4 unspecified atom stereocenters. The number of rotatable bonds is 5. The maximum atomic E-state index is 4.49. The molecule has 0 aliphatic carbocycles. The van der Waals surface area contributed by atoms with Crippen LogP contribution in [0.15, 0.2) is 65.4 Å². The van der Waals surface area contributed by atoms with Crippen LogP contribution < -0.4 is 5.09 Å². The zero-order valence-corrected chi connectivity index (χ0v) is 18.9. The van der Waals surface area contributed by atoms with E-state index in [1.165, 1.54) is 11.1 Å². The number of hydrogen-bond acceptors (Lipinski definition) is 2. The van der Waals surface area contributed by atoms with Crippen molar-refractivity contribution in [3.63, 3.8) is 0 Å². The van der Waals surface area contributed by atoms with Crippen molar-refractivity contribution in [2.75, 3.05) is 13.3 Å². The van der Waals surface area contributed by atoms with Crippen LogP contribution in [-0.4, -0.2) is 19.0 Å². The first-order valence-corrected chi connectivity index (χ1v) is 14.6. The molecule has 0 bridgehead atoms. The van der Waals surface area contributed by atoms with Gasteiger partial charge in [-0.15, -0.1) is 0 Å². The summed E-state index contributed by atoms with van der Waals surface area (Å²) >= 11 is 0. The Morgan fingerprint density at radius 2 is 1.46 bits per heavy atom. The summed E-state index contributed by atoms with van der Waals surface area (Å²) in [7, 11) is 5.18. The molecule has 0 spiro atoms. The Labute approximate surface area is 154 Å². The first-order chi connectivity index (χ1) is 11.4. The van der Waals surface area contributed by atoms with Crippen molar-refractivity contribution >= 4 is 39.1 Å². The van der Waals surface area contributed by atoms with Crippen molar-refractivity contribution in [1.29, 1.82) is 0 Å². The van der Waals surface area contributed by atoms with Gasteiger partial charge in [0.1, 0.15) is 0 Å². The lowest BCUT2D eigenvalue weighted by Crippen LogP contribution is -2.09. The minimum Gasteiger partial charge on any atom is -0.286 e. The third-order valence-corrected chi connectivity index (χ3v) is 5.40. The van der Waals surface area contributed by atoms with Crippen LogP contribution in [0.25, 0.3) is 0 Å². The maximum absolute atomic E-state index is 4.49. The summed E-state index contributed by atoms with van der Waals surface area (Å²) in [5.74, 6) is 0. The smallest absolute Gasteiger partial charge is 0.0437 e. The molecule has 2 aromatic rings. The van der Waals surface area contributed by atoms with Gasteiger partial charge < -0.3 is 0 Å². The van der Waals surface area contributed by atoms with Crippen molar-refractivity contribution in [2.45, 2.75) is 19.9 Å². The van der Waals surface area contributed by atoms with E-state index in [2.05, 4.69) is 91.3 Å². The highest BCUT2D eigenvalue weighted by atomic mass is 32.0. The van der Waals surface area contributed by atoms with E-state index in [1.807, 2.05) is 24.3 Å². The molecule has 0 radical (unpaired) electrons. The molecule has 0 saturated heterocycles. The minimum atomic E-state index is -0.259. The molecule has 1 N–H and O–H groups in total. The van der Waals surface area contributed by atoms with Crippen molar-refractivity contribution < 1.29 is 0 Å². The molecule has 0 aliphatic heterocycles. The van der Waals surface area contributed by atoms with Gasteiger partial charge >= 0.3 is 0 Å². The van der Waals surface area contributed by atoms with E-state index < -0.39 is 0 Å². The normalized spacial score (nSPS) is 15.0. The maximum Gasteiger partial charge on any atom is 0.0437 e. The third kappa shape index (κ3) is 9.32. The second kappa shape index (κ2) is 12.2. The lowest BCUT2D eigenvalue weighted by molar-refractivity contribution is 0.749. The highest BCUT2D eigenvalue weighted by molar-refractivity contribution is 8.12. The van der Waals surface area contributed by atoms with E-state index in [0.717, 1.165) is 5.71 Å². The van der Waals surface area contributed by atoms with Crippen LogP contribution in [0.1, 0.15) is 31.0 Å². The van der Waals surface area contributed by atoms with Crippen molar-refractivity contribution in [3.05, 3.63) is 71.8 Å². The van der Waals surface area contributed by atoms with E-state index in [-0.39, 0.29) is 15.5 Å². The average Bonchev–Trinajstić information content (AvgIpc) is 2.56. The summed E-state index contributed by atoms with van der Waals surface area (Å²) in [6, 6.07) is 21.2. The van der Waals surface area contributed by atoms with Gasteiger partial charge in [-0.1, -0.05) is 78.5 Å². The predicted molar refractivity (Wildman–Crippen MR) is 122 cm³/mol. The summed E-state index contributed by atoms with van der Waals surface area (Å²) in [6.45, 7) is 8.56. The van der Waals surface area contributed by atoms with Crippen LogP contribution in [0.5, 0.6) is 0 Å². The molecule has 0 amide bonds. The van der Waals surface area contributed by atoms with Crippen molar-refractivity contribution in [3.8, 4) is 0 Å². The molecule has 0 aromatic heterocycles. The van der Waals surface area contributed by atoms with Gasteiger partial charge in [-0.25, -0.2) is 0 Å². The second-order valence-corrected chi connectivity index (χ2v) is 12.9. The summed E-state index contributed by atoms with van der Waals surface area (Å²) in [4.78, 5) is 0. The lowest BCUT2D eigenvalue weighted by atomic mass is 10.1. The Balaban J connectivity index is 0.000000240. The van der Waals surface area contributed by atoms with E-state index in [9.17, 15) is 0 Å². The predicted octanol–water partition coefficient (Wildman–Crippen LogP) is 6.47. The molecule has 6 heteroatoms. The van der Waals surface area contributed by atoms with Crippen LogP contribution in [0.3, 0.4) is 0 Å². The van der Waals surface area contributed by atoms with Crippen LogP contribution >= 0.6 is 33.4 Å². The molecule has 5 atom stereocenters. The number of nitrogens with zero attached hydrogens (tertiary/aromatic N) is 1. The van der Waals surface area contributed by atoms with Gasteiger partial charge in [-0.2, -0.15) is 0 Å². The Morgan fingerprint density at radius 3 is 1.92 bits per heavy atom. The molecule has 24 heavy (non-hydrogen) atoms. The van der Waals surface area contributed by atoms with E-state index in [0.29, 0.717) is 6.04 Å². The largest absolute Gasteiger partial charge is 0.286 e. The van der Waals surface area contributed by atoms with E-state index in [1.54, 1.807) is 0 Å².